The molecule has 4 heteroatoms. The first kappa shape index (κ1) is 13.1. The van der Waals surface area contributed by atoms with Gasteiger partial charge in [0.2, 0.25) is 0 Å². The van der Waals surface area contributed by atoms with E-state index >= 15 is 0 Å². The summed E-state index contributed by atoms with van der Waals surface area (Å²) in [4.78, 5) is 0. The number of nitrogens with zero attached hydrogens (tertiary/aromatic N) is 2. The SMILES string of the molecule is Cc1nn(CC2CCC3(CCCCC3)O2)cc1CN. The third-order valence-electron chi connectivity index (χ3n) is 4.76. The number of nitrogens with two attached hydrogens (primary N) is 1. The summed E-state index contributed by atoms with van der Waals surface area (Å²) < 4.78 is 8.40. The highest BCUT2D eigenvalue weighted by atomic mass is 16.5. The van der Waals surface area contributed by atoms with E-state index in [4.69, 9.17) is 10.5 Å². The fourth-order valence-electron chi connectivity index (χ4n) is 3.65. The van der Waals surface area contributed by atoms with Gasteiger partial charge in [0, 0.05) is 18.3 Å². The minimum absolute atomic E-state index is 0.210. The molecule has 1 aliphatic carbocycles. The van der Waals surface area contributed by atoms with Crippen molar-refractivity contribution in [2.75, 3.05) is 0 Å². The Kier molecular flexibility index (Phi) is 3.63. The number of hydrogen-bond donors (Lipinski definition) is 1. The third kappa shape index (κ3) is 2.70. The van der Waals surface area contributed by atoms with Gasteiger partial charge in [0.1, 0.15) is 0 Å². The smallest absolute Gasteiger partial charge is 0.0779 e. The first-order valence-corrected chi connectivity index (χ1v) is 7.62. The summed E-state index contributed by atoms with van der Waals surface area (Å²) in [6.07, 6.45) is 11.4. The molecule has 1 spiro atoms. The van der Waals surface area contributed by atoms with E-state index in [1.165, 1.54) is 44.9 Å². The van der Waals surface area contributed by atoms with Crippen LogP contribution in [0.2, 0.25) is 0 Å². The zero-order valence-electron chi connectivity index (χ0n) is 11.9. The second kappa shape index (κ2) is 5.25. The molecule has 0 amide bonds. The van der Waals surface area contributed by atoms with Crippen LogP contribution in [0.3, 0.4) is 0 Å². The van der Waals surface area contributed by atoms with E-state index in [-0.39, 0.29) is 5.60 Å². The van der Waals surface area contributed by atoms with Gasteiger partial charge in [0.15, 0.2) is 0 Å². The van der Waals surface area contributed by atoms with Crippen LogP contribution in [0, 0.1) is 6.92 Å². The topological polar surface area (TPSA) is 53.1 Å². The van der Waals surface area contributed by atoms with E-state index in [0.717, 1.165) is 17.8 Å². The Bertz CT molecular complexity index is 435. The summed E-state index contributed by atoms with van der Waals surface area (Å²) >= 11 is 0. The Labute approximate surface area is 115 Å². The van der Waals surface area contributed by atoms with E-state index < -0.39 is 0 Å². The molecule has 0 aromatic carbocycles. The molecule has 1 aromatic heterocycles. The normalized spacial score (nSPS) is 26.1. The average Bonchev–Trinajstić information content (AvgIpc) is 2.95. The Morgan fingerprint density at radius 2 is 2.16 bits per heavy atom. The van der Waals surface area contributed by atoms with Gasteiger partial charge in [-0.3, -0.25) is 4.68 Å². The van der Waals surface area contributed by atoms with Crippen LogP contribution >= 0.6 is 0 Å². The van der Waals surface area contributed by atoms with Gasteiger partial charge in [0.25, 0.3) is 0 Å². The van der Waals surface area contributed by atoms with Crippen molar-refractivity contribution in [1.29, 1.82) is 0 Å². The minimum Gasteiger partial charge on any atom is -0.370 e. The number of aromatic nitrogens is 2. The average molecular weight is 263 g/mol. The summed E-state index contributed by atoms with van der Waals surface area (Å²) in [5.41, 5.74) is 8.10. The molecule has 2 aliphatic rings. The van der Waals surface area contributed by atoms with Gasteiger partial charge in [-0.25, -0.2) is 0 Å². The summed E-state index contributed by atoms with van der Waals surface area (Å²) in [5.74, 6) is 0. The van der Waals surface area contributed by atoms with E-state index in [1.807, 2.05) is 11.6 Å². The molecule has 1 saturated heterocycles. The van der Waals surface area contributed by atoms with E-state index in [2.05, 4.69) is 11.3 Å². The lowest BCUT2D eigenvalue weighted by atomic mass is 9.83. The van der Waals surface area contributed by atoms with Gasteiger partial charge in [-0.1, -0.05) is 19.3 Å². The second-order valence-corrected chi connectivity index (χ2v) is 6.19. The second-order valence-electron chi connectivity index (χ2n) is 6.19. The molecule has 4 nitrogen and oxygen atoms in total. The van der Waals surface area contributed by atoms with Crippen LogP contribution in [0.4, 0.5) is 0 Å². The predicted octanol–water partition coefficient (Wildman–Crippen LogP) is 2.53. The van der Waals surface area contributed by atoms with Gasteiger partial charge in [-0.05, 0) is 32.6 Å². The molecular weight excluding hydrogens is 238 g/mol. The van der Waals surface area contributed by atoms with Crippen molar-refractivity contribution in [3.8, 4) is 0 Å². The molecular formula is C15H25N3O. The van der Waals surface area contributed by atoms with Crippen LogP contribution in [-0.2, 0) is 17.8 Å². The Morgan fingerprint density at radius 3 is 2.84 bits per heavy atom. The zero-order chi connectivity index (χ0) is 13.3. The van der Waals surface area contributed by atoms with Gasteiger partial charge in [0.05, 0.1) is 23.9 Å². The summed E-state index contributed by atoms with van der Waals surface area (Å²) in [6.45, 7) is 3.47. The maximum atomic E-state index is 6.38. The van der Waals surface area contributed by atoms with Gasteiger partial charge >= 0.3 is 0 Å². The molecule has 19 heavy (non-hydrogen) atoms. The van der Waals surface area contributed by atoms with E-state index in [1.54, 1.807) is 0 Å². The summed E-state index contributed by atoms with van der Waals surface area (Å²) in [7, 11) is 0. The molecule has 3 rings (SSSR count). The molecule has 1 unspecified atom stereocenters. The highest BCUT2D eigenvalue weighted by molar-refractivity contribution is 5.14. The van der Waals surface area contributed by atoms with Crippen molar-refractivity contribution in [3.05, 3.63) is 17.5 Å². The maximum Gasteiger partial charge on any atom is 0.0779 e. The number of rotatable bonds is 3. The Balaban J connectivity index is 1.61. The lowest BCUT2D eigenvalue weighted by molar-refractivity contribution is -0.0688. The van der Waals surface area contributed by atoms with Crippen molar-refractivity contribution in [2.24, 2.45) is 5.73 Å². The van der Waals surface area contributed by atoms with Gasteiger partial charge < -0.3 is 10.5 Å². The minimum atomic E-state index is 0.210. The largest absolute Gasteiger partial charge is 0.370 e. The van der Waals surface area contributed by atoms with Crippen molar-refractivity contribution in [3.63, 3.8) is 0 Å². The fraction of sp³-hybridized carbons (Fsp3) is 0.800. The van der Waals surface area contributed by atoms with Gasteiger partial charge in [-0.15, -0.1) is 0 Å². The first-order valence-electron chi connectivity index (χ1n) is 7.62. The maximum absolute atomic E-state index is 6.38. The molecule has 1 saturated carbocycles. The molecule has 1 atom stereocenters. The molecule has 1 aromatic rings. The lowest BCUT2D eigenvalue weighted by Gasteiger charge is -2.33. The van der Waals surface area contributed by atoms with Crippen LogP contribution in [0.15, 0.2) is 6.20 Å². The standard InChI is InChI=1S/C15H25N3O/c1-12-13(9-16)10-18(17-12)11-14-5-8-15(19-14)6-3-2-4-7-15/h10,14H,2-9,11,16H2,1H3. The molecule has 2 heterocycles. The monoisotopic (exact) mass is 263 g/mol. The molecule has 0 radical (unpaired) electrons. The fourth-order valence-corrected chi connectivity index (χ4v) is 3.65. The lowest BCUT2D eigenvalue weighted by Crippen LogP contribution is -2.32. The molecule has 0 bridgehead atoms. The van der Waals surface area contributed by atoms with Crippen molar-refractivity contribution >= 4 is 0 Å². The summed E-state index contributed by atoms with van der Waals surface area (Å²) in [6, 6.07) is 0. The number of hydrogen-bond acceptors (Lipinski definition) is 3. The van der Waals surface area contributed by atoms with E-state index in [0.29, 0.717) is 12.6 Å². The van der Waals surface area contributed by atoms with Crippen LogP contribution in [0.1, 0.15) is 56.2 Å². The van der Waals surface area contributed by atoms with Crippen LogP contribution in [-0.4, -0.2) is 21.5 Å². The molecule has 106 valence electrons. The first-order chi connectivity index (χ1) is 9.21. The highest BCUT2D eigenvalue weighted by Gasteiger charge is 2.40. The summed E-state index contributed by atoms with van der Waals surface area (Å²) in [5, 5.41) is 4.54. The van der Waals surface area contributed by atoms with Gasteiger partial charge in [-0.2, -0.15) is 5.10 Å². The van der Waals surface area contributed by atoms with Crippen molar-refractivity contribution < 1.29 is 4.74 Å². The zero-order valence-corrected chi connectivity index (χ0v) is 11.9. The predicted molar refractivity (Wildman–Crippen MR) is 74.8 cm³/mol. The molecule has 1 aliphatic heterocycles. The number of aryl methyl sites for hydroxylation is 1. The molecule has 2 fully saturated rings. The van der Waals surface area contributed by atoms with Crippen molar-refractivity contribution in [1.82, 2.24) is 9.78 Å². The van der Waals surface area contributed by atoms with Crippen LogP contribution in [0.5, 0.6) is 0 Å². The van der Waals surface area contributed by atoms with Crippen molar-refractivity contribution in [2.45, 2.75) is 76.7 Å². The van der Waals surface area contributed by atoms with E-state index in [9.17, 15) is 0 Å². The molecule has 2 N–H and O–H groups in total. The quantitative estimate of drug-likeness (QED) is 0.911. The highest BCUT2D eigenvalue weighted by Crippen LogP contribution is 2.42. The number of ether oxygens (including phenoxy) is 1. The third-order valence-corrected chi connectivity index (χ3v) is 4.76. The van der Waals surface area contributed by atoms with Crippen LogP contribution in [0.25, 0.3) is 0 Å². The Morgan fingerprint density at radius 1 is 1.37 bits per heavy atom. The Hall–Kier alpha value is -0.870. The van der Waals surface area contributed by atoms with Crippen LogP contribution < -0.4 is 5.73 Å².